The molecular weight excluding hydrogens is 382 g/mol. The van der Waals surface area contributed by atoms with Gasteiger partial charge in [-0.2, -0.15) is 0 Å². The zero-order valence-electron chi connectivity index (χ0n) is 16.4. The van der Waals surface area contributed by atoms with Crippen LogP contribution in [-0.4, -0.2) is 35.3 Å². The molecule has 0 radical (unpaired) electrons. The van der Waals surface area contributed by atoms with Crippen molar-refractivity contribution in [2.24, 2.45) is 0 Å². The van der Waals surface area contributed by atoms with Crippen LogP contribution in [0.4, 0.5) is 5.13 Å². The van der Waals surface area contributed by atoms with E-state index >= 15 is 0 Å². The Bertz CT molecular complexity index is 1030. The number of anilines is 1. The second kappa shape index (κ2) is 8.57. The first-order chi connectivity index (χ1) is 14.1. The number of benzene rings is 2. The Hall–Kier alpha value is -2.99. The molecule has 1 heterocycles. The van der Waals surface area contributed by atoms with E-state index in [2.05, 4.69) is 28.5 Å². The fourth-order valence-electron chi connectivity index (χ4n) is 3.60. The minimum absolute atomic E-state index is 0.0263. The van der Waals surface area contributed by atoms with Gasteiger partial charge in [-0.05, 0) is 55.0 Å². The number of carbonyl (C=O) groups excluding carboxylic acids is 2. The lowest BCUT2D eigenvalue weighted by Crippen LogP contribution is -2.34. The summed E-state index contributed by atoms with van der Waals surface area (Å²) in [6, 6.07) is 15.5. The Morgan fingerprint density at radius 3 is 2.62 bits per heavy atom. The van der Waals surface area contributed by atoms with Crippen LogP contribution in [0, 0.1) is 0 Å². The SMILES string of the molecule is CN(CC(=O)Nc1nc(-c2ccc3c(c2)CCCC3)cs1)C(=O)c1ccccc1. The third-order valence-electron chi connectivity index (χ3n) is 5.14. The molecule has 2 aromatic carbocycles. The first-order valence-corrected chi connectivity index (χ1v) is 10.7. The Labute approximate surface area is 174 Å². The summed E-state index contributed by atoms with van der Waals surface area (Å²) in [5, 5.41) is 5.31. The molecule has 2 amide bonds. The van der Waals surface area contributed by atoms with Gasteiger partial charge in [0.2, 0.25) is 5.91 Å². The van der Waals surface area contributed by atoms with Crippen LogP contribution >= 0.6 is 11.3 Å². The fraction of sp³-hybridized carbons (Fsp3) is 0.261. The molecule has 1 aromatic heterocycles. The molecule has 0 saturated carbocycles. The molecule has 0 unspecified atom stereocenters. The number of hydrogen-bond donors (Lipinski definition) is 1. The molecule has 0 aliphatic heterocycles. The van der Waals surface area contributed by atoms with E-state index < -0.39 is 0 Å². The summed E-state index contributed by atoms with van der Waals surface area (Å²) in [5.41, 5.74) is 5.36. The molecule has 0 spiro atoms. The largest absolute Gasteiger partial charge is 0.332 e. The van der Waals surface area contributed by atoms with E-state index in [4.69, 9.17) is 0 Å². The first-order valence-electron chi connectivity index (χ1n) is 9.78. The molecule has 1 aliphatic carbocycles. The third-order valence-corrected chi connectivity index (χ3v) is 5.90. The summed E-state index contributed by atoms with van der Waals surface area (Å²) in [6.45, 7) is -0.0263. The number of hydrogen-bond acceptors (Lipinski definition) is 4. The normalized spacial score (nSPS) is 12.9. The van der Waals surface area contributed by atoms with E-state index in [9.17, 15) is 9.59 Å². The van der Waals surface area contributed by atoms with Crippen molar-refractivity contribution in [3.63, 3.8) is 0 Å². The molecule has 0 atom stereocenters. The molecule has 3 aromatic rings. The number of amides is 2. The minimum atomic E-state index is -0.261. The van der Waals surface area contributed by atoms with Crippen LogP contribution in [0.15, 0.2) is 53.9 Å². The van der Waals surface area contributed by atoms with Crippen LogP contribution in [0.3, 0.4) is 0 Å². The van der Waals surface area contributed by atoms with E-state index in [-0.39, 0.29) is 18.4 Å². The summed E-state index contributed by atoms with van der Waals surface area (Å²) in [4.78, 5) is 30.7. The monoisotopic (exact) mass is 405 g/mol. The van der Waals surface area contributed by atoms with Gasteiger partial charge in [-0.25, -0.2) is 4.98 Å². The summed E-state index contributed by atoms with van der Waals surface area (Å²) < 4.78 is 0. The number of aryl methyl sites for hydroxylation is 2. The number of nitrogens with one attached hydrogen (secondary N) is 1. The lowest BCUT2D eigenvalue weighted by Gasteiger charge is -2.16. The number of thiazole rings is 1. The Morgan fingerprint density at radius 2 is 1.83 bits per heavy atom. The number of fused-ring (bicyclic) bond motifs is 1. The van der Waals surface area contributed by atoms with Crippen molar-refractivity contribution in [3.8, 4) is 11.3 Å². The molecular formula is C23H23N3O2S. The quantitative estimate of drug-likeness (QED) is 0.684. The molecule has 1 aliphatic rings. The van der Waals surface area contributed by atoms with Crippen molar-refractivity contribution in [2.45, 2.75) is 25.7 Å². The number of likely N-dealkylation sites (N-methyl/N-ethyl adjacent to an activating group) is 1. The van der Waals surface area contributed by atoms with Crippen molar-refractivity contribution in [2.75, 3.05) is 18.9 Å². The van der Waals surface area contributed by atoms with E-state index in [0.717, 1.165) is 24.1 Å². The molecule has 1 N–H and O–H groups in total. The zero-order chi connectivity index (χ0) is 20.2. The molecule has 0 fully saturated rings. The van der Waals surface area contributed by atoms with Gasteiger partial charge in [-0.15, -0.1) is 11.3 Å². The predicted molar refractivity (Wildman–Crippen MR) is 116 cm³/mol. The number of carbonyl (C=O) groups is 2. The predicted octanol–water partition coefficient (Wildman–Crippen LogP) is 4.40. The van der Waals surface area contributed by atoms with Gasteiger partial charge in [0.05, 0.1) is 12.2 Å². The molecule has 0 saturated heterocycles. The highest BCUT2D eigenvalue weighted by Gasteiger charge is 2.16. The van der Waals surface area contributed by atoms with Gasteiger partial charge in [-0.3, -0.25) is 9.59 Å². The van der Waals surface area contributed by atoms with Crippen molar-refractivity contribution in [1.29, 1.82) is 0 Å². The summed E-state index contributed by atoms with van der Waals surface area (Å²) >= 11 is 1.40. The summed E-state index contributed by atoms with van der Waals surface area (Å²) in [6.07, 6.45) is 4.78. The number of aromatic nitrogens is 1. The Kier molecular flexibility index (Phi) is 5.71. The van der Waals surface area contributed by atoms with Crippen LogP contribution < -0.4 is 5.32 Å². The van der Waals surface area contributed by atoms with E-state index in [1.165, 1.54) is 40.2 Å². The van der Waals surface area contributed by atoms with Gasteiger partial charge in [-0.1, -0.05) is 30.3 Å². The second-order valence-electron chi connectivity index (χ2n) is 7.30. The topological polar surface area (TPSA) is 62.3 Å². The van der Waals surface area contributed by atoms with E-state index in [0.29, 0.717) is 10.7 Å². The highest BCUT2D eigenvalue weighted by molar-refractivity contribution is 7.14. The van der Waals surface area contributed by atoms with E-state index in [1.54, 1.807) is 31.3 Å². The maximum atomic E-state index is 12.4. The fourth-order valence-corrected chi connectivity index (χ4v) is 4.34. The van der Waals surface area contributed by atoms with Crippen LogP contribution in [0.1, 0.15) is 34.3 Å². The standard InChI is InChI=1S/C23H23N3O2S/c1-26(22(28)17-8-3-2-4-9-17)14-21(27)25-23-24-20(15-29-23)19-12-11-16-7-5-6-10-18(16)13-19/h2-4,8-9,11-13,15H,5-7,10,14H2,1H3,(H,24,25,27). The van der Waals surface area contributed by atoms with Gasteiger partial charge < -0.3 is 10.2 Å². The summed E-state index contributed by atoms with van der Waals surface area (Å²) in [7, 11) is 1.62. The molecule has 0 bridgehead atoms. The van der Waals surface area contributed by atoms with Crippen LogP contribution in [-0.2, 0) is 17.6 Å². The Balaban J connectivity index is 1.39. The molecule has 148 valence electrons. The zero-order valence-corrected chi connectivity index (χ0v) is 17.2. The highest BCUT2D eigenvalue weighted by Crippen LogP contribution is 2.29. The average molecular weight is 406 g/mol. The third kappa shape index (κ3) is 4.54. The summed E-state index contributed by atoms with van der Waals surface area (Å²) in [5.74, 6) is -0.447. The van der Waals surface area contributed by atoms with Gasteiger partial charge in [0, 0.05) is 23.6 Å². The highest BCUT2D eigenvalue weighted by atomic mass is 32.1. The molecule has 29 heavy (non-hydrogen) atoms. The molecule has 4 rings (SSSR count). The van der Waals surface area contributed by atoms with Crippen molar-refractivity contribution in [1.82, 2.24) is 9.88 Å². The van der Waals surface area contributed by atoms with Crippen LogP contribution in [0.25, 0.3) is 11.3 Å². The Morgan fingerprint density at radius 1 is 1.07 bits per heavy atom. The van der Waals surface area contributed by atoms with Crippen LogP contribution in [0.5, 0.6) is 0 Å². The van der Waals surface area contributed by atoms with Crippen molar-refractivity contribution >= 4 is 28.3 Å². The number of rotatable bonds is 5. The van der Waals surface area contributed by atoms with E-state index in [1.807, 2.05) is 11.4 Å². The first kappa shape index (κ1) is 19.3. The molecule has 6 heteroatoms. The molecule has 5 nitrogen and oxygen atoms in total. The lowest BCUT2D eigenvalue weighted by atomic mass is 9.90. The maximum absolute atomic E-state index is 12.4. The van der Waals surface area contributed by atoms with Crippen molar-refractivity contribution < 1.29 is 9.59 Å². The minimum Gasteiger partial charge on any atom is -0.332 e. The maximum Gasteiger partial charge on any atom is 0.254 e. The smallest absolute Gasteiger partial charge is 0.254 e. The second-order valence-corrected chi connectivity index (χ2v) is 8.16. The van der Waals surface area contributed by atoms with Gasteiger partial charge >= 0.3 is 0 Å². The number of nitrogens with zero attached hydrogens (tertiary/aromatic N) is 2. The van der Waals surface area contributed by atoms with Gasteiger partial charge in [0.25, 0.3) is 5.91 Å². The lowest BCUT2D eigenvalue weighted by molar-refractivity contribution is -0.116. The van der Waals surface area contributed by atoms with Gasteiger partial charge in [0.15, 0.2) is 5.13 Å². The van der Waals surface area contributed by atoms with Gasteiger partial charge in [0.1, 0.15) is 0 Å². The van der Waals surface area contributed by atoms with Crippen LogP contribution in [0.2, 0.25) is 0 Å². The van der Waals surface area contributed by atoms with Crippen molar-refractivity contribution in [3.05, 3.63) is 70.6 Å². The average Bonchev–Trinajstić information content (AvgIpc) is 3.21.